The molecule has 0 saturated carbocycles. The van der Waals surface area contributed by atoms with E-state index in [1.54, 1.807) is 12.5 Å². The maximum atomic E-state index is 12.0. The predicted octanol–water partition coefficient (Wildman–Crippen LogP) is 1.66. The Bertz CT molecular complexity index is 549. The number of aryl methyl sites for hydroxylation is 1. The summed E-state index contributed by atoms with van der Waals surface area (Å²) in [6, 6.07) is 5.70. The molecule has 1 aromatic heterocycles. The fraction of sp³-hybridized carbons (Fsp3) is 0.286. The second-order valence-corrected chi connectivity index (χ2v) is 4.34. The van der Waals surface area contributed by atoms with Crippen LogP contribution in [0.1, 0.15) is 15.9 Å². The molecule has 0 aliphatic heterocycles. The van der Waals surface area contributed by atoms with Crippen LogP contribution in [0.4, 0.5) is 5.69 Å². The predicted molar refractivity (Wildman–Crippen MR) is 75.3 cm³/mol. The van der Waals surface area contributed by atoms with Crippen LogP contribution in [0, 0.1) is 6.92 Å². The summed E-state index contributed by atoms with van der Waals surface area (Å²) in [4.78, 5) is 16.0. The van der Waals surface area contributed by atoms with Gasteiger partial charge in [-0.3, -0.25) is 4.79 Å². The van der Waals surface area contributed by atoms with Gasteiger partial charge in [-0.1, -0.05) is 0 Å². The summed E-state index contributed by atoms with van der Waals surface area (Å²) in [6.07, 6.45) is 5.33. The van der Waals surface area contributed by atoms with Crippen molar-refractivity contribution in [3.8, 4) is 0 Å². The Kier molecular flexibility index (Phi) is 4.18. The summed E-state index contributed by atoms with van der Waals surface area (Å²) in [6.45, 7) is 3.24. The fourth-order valence-corrected chi connectivity index (χ4v) is 1.89. The molecule has 0 saturated heterocycles. The van der Waals surface area contributed by atoms with Gasteiger partial charge in [0.2, 0.25) is 0 Å². The van der Waals surface area contributed by atoms with Crippen molar-refractivity contribution in [2.45, 2.75) is 13.5 Å². The first-order chi connectivity index (χ1) is 9.20. The van der Waals surface area contributed by atoms with E-state index in [2.05, 4.69) is 15.6 Å². The zero-order valence-electron chi connectivity index (χ0n) is 11.2. The highest BCUT2D eigenvalue weighted by molar-refractivity contribution is 5.96. The molecule has 100 valence electrons. The molecule has 0 radical (unpaired) electrons. The van der Waals surface area contributed by atoms with Crippen molar-refractivity contribution < 1.29 is 4.79 Å². The van der Waals surface area contributed by atoms with E-state index in [1.807, 2.05) is 42.9 Å². The van der Waals surface area contributed by atoms with E-state index in [9.17, 15) is 4.79 Å². The van der Waals surface area contributed by atoms with Crippen molar-refractivity contribution in [2.75, 3.05) is 18.9 Å². The van der Waals surface area contributed by atoms with Crippen molar-refractivity contribution in [2.24, 2.45) is 0 Å². The molecular formula is C14H18N4O. The number of imidazole rings is 1. The van der Waals surface area contributed by atoms with Crippen LogP contribution < -0.4 is 10.6 Å². The lowest BCUT2D eigenvalue weighted by Crippen LogP contribution is -2.27. The molecule has 0 atom stereocenters. The second kappa shape index (κ2) is 6.04. The molecule has 1 amide bonds. The Morgan fingerprint density at radius 3 is 2.89 bits per heavy atom. The maximum Gasteiger partial charge on any atom is 0.251 e. The smallest absolute Gasteiger partial charge is 0.251 e. The Morgan fingerprint density at radius 1 is 1.42 bits per heavy atom. The van der Waals surface area contributed by atoms with E-state index in [1.165, 1.54) is 0 Å². The molecule has 0 spiro atoms. The summed E-state index contributed by atoms with van der Waals surface area (Å²) in [5, 5.41) is 5.96. The number of amides is 1. The number of anilines is 1. The van der Waals surface area contributed by atoms with Gasteiger partial charge in [0.15, 0.2) is 0 Å². The molecule has 19 heavy (non-hydrogen) atoms. The van der Waals surface area contributed by atoms with Crippen molar-refractivity contribution >= 4 is 11.6 Å². The molecule has 5 heteroatoms. The van der Waals surface area contributed by atoms with Gasteiger partial charge in [0.05, 0.1) is 6.33 Å². The van der Waals surface area contributed by atoms with Gasteiger partial charge < -0.3 is 15.2 Å². The average molecular weight is 258 g/mol. The standard InChI is InChI=1S/C14H18N4O/c1-11-9-12(15-2)3-4-13(11)14(19)17-6-8-18-7-5-16-10-18/h3-5,7,9-10,15H,6,8H2,1-2H3,(H,17,19). The molecule has 2 aromatic rings. The van der Waals surface area contributed by atoms with Gasteiger partial charge in [-0.15, -0.1) is 0 Å². The molecule has 0 unspecified atom stereocenters. The number of hydrogen-bond donors (Lipinski definition) is 2. The molecule has 0 fully saturated rings. The molecule has 0 bridgehead atoms. The van der Waals surface area contributed by atoms with Crippen LogP contribution in [0.5, 0.6) is 0 Å². The first kappa shape index (κ1) is 13.1. The van der Waals surface area contributed by atoms with E-state index >= 15 is 0 Å². The van der Waals surface area contributed by atoms with Crippen molar-refractivity contribution in [1.82, 2.24) is 14.9 Å². The fourth-order valence-electron chi connectivity index (χ4n) is 1.89. The first-order valence-electron chi connectivity index (χ1n) is 6.23. The number of nitrogens with one attached hydrogen (secondary N) is 2. The van der Waals surface area contributed by atoms with Gasteiger partial charge in [0.25, 0.3) is 5.91 Å². The monoisotopic (exact) mass is 258 g/mol. The molecule has 1 heterocycles. The molecule has 1 aromatic carbocycles. The zero-order valence-corrected chi connectivity index (χ0v) is 11.2. The maximum absolute atomic E-state index is 12.0. The second-order valence-electron chi connectivity index (χ2n) is 4.34. The van der Waals surface area contributed by atoms with E-state index in [-0.39, 0.29) is 5.91 Å². The average Bonchev–Trinajstić information content (AvgIpc) is 2.91. The molecule has 0 aliphatic carbocycles. The van der Waals surface area contributed by atoms with Gasteiger partial charge in [-0.2, -0.15) is 0 Å². The van der Waals surface area contributed by atoms with Gasteiger partial charge in [-0.25, -0.2) is 4.98 Å². The number of aromatic nitrogens is 2. The normalized spacial score (nSPS) is 10.2. The summed E-state index contributed by atoms with van der Waals surface area (Å²) < 4.78 is 1.93. The molecule has 2 rings (SSSR count). The lowest BCUT2D eigenvalue weighted by Gasteiger charge is -2.09. The Morgan fingerprint density at radius 2 is 2.26 bits per heavy atom. The summed E-state index contributed by atoms with van der Waals surface area (Å²) in [5.74, 6) is -0.0414. The minimum atomic E-state index is -0.0414. The van der Waals surface area contributed by atoms with Crippen molar-refractivity contribution in [3.63, 3.8) is 0 Å². The number of benzene rings is 1. The van der Waals surface area contributed by atoms with Crippen LogP contribution in [0.3, 0.4) is 0 Å². The van der Waals surface area contributed by atoms with E-state index < -0.39 is 0 Å². The summed E-state index contributed by atoms with van der Waals surface area (Å²) in [7, 11) is 1.86. The number of carbonyl (C=O) groups excluding carboxylic acids is 1. The molecular weight excluding hydrogens is 240 g/mol. The highest BCUT2D eigenvalue weighted by Crippen LogP contribution is 2.14. The van der Waals surface area contributed by atoms with E-state index in [4.69, 9.17) is 0 Å². The number of hydrogen-bond acceptors (Lipinski definition) is 3. The highest BCUT2D eigenvalue weighted by atomic mass is 16.1. The van der Waals surface area contributed by atoms with Crippen LogP contribution in [-0.2, 0) is 6.54 Å². The minimum absolute atomic E-state index is 0.0414. The van der Waals surface area contributed by atoms with Crippen molar-refractivity contribution in [3.05, 3.63) is 48.0 Å². The topological polar surface area (TPSA) is 59.0 Å². The van der Waals surface area contributed by atoms with Crippen molar-refractivity contribution in [1.29, 1.82) is 0 Å². The third kappa shape index (κ3) is 3.34. The largest absolute Gasteiger partial charge is 0.388 e. The SMILES string of the molecule is CNc1ccc(C(=O)NCCn2ccnc2)c(C)c1. The highest BCUT2D eigenvalue weighted by Gasteiger charge is 2.08. The third-order valence-corrected chi connectivity index (χ3v) is 2.97. The van der Waals surface area contributed by atoms with E-state index in [0.29, 0.717) is 12.1 Å². The number of rotatable bonds is 5. The quantitative estimate of drug-likeness (QED) is 0.857. The summed E-state index contributed by atoms with van der Waals surface area (Å²) in [5.41, 5.74) is 2.68. The van der Waals surface area contributed by atoms with Crippen LogP contribution in [-0.4, -0.2) is 29.1 Å². The molecule has 5 nitrogen and oxygen atoms in total. The van der Waals surface area contributed by atoms with Crippen LogP contribution in [0.2, 0.25) is 0 Å². The van der Waals surface area contributed by atoms with Gasteiger partial charge in [0.1, 0.15) is 0 Å². The van der Waals surface area contributed by atoms with Crippen LogP contribution >= 0.6 is 0 Å². The van der Waals surface area contributed by atoms with Gasteiger partial charge >= 0.3 is 0 Å². The first-order valence-corrected chi connectivity index (χ1v) is 6.23. The lowest BCUT2D eigenvalue weighted by molar-refractivity contribution is 0.0951. The number of carbonyl (C=O) groups is 1. The Hall–Kier alpha value is -2.30. The molecule has 0 aliphatic rings. The Balaban J connectivity index is 1.92. The van der Waals surface area contributed by atoms with Crippen LogP contribution in [0.15, 0.2) is 36.9 Å². The van der Waals surface area contributed by atoms with E-state index in [0.717, 1.165) is 17.8 Å². The Labute approximate surface area is 112 Å². The van der Waals surface area contributed by atoms with Gasteiger partial charge in [0, 0.05) is 43.8 Å². The zero-order chi connectivity index (χ0) is 13.7. The number of nitrogens with zero attached hydrogens (tertiary/aromatic N) is 2. The third-order valence-electron chi connectivity index (χ3n) is 2.97. The van der Waals surface area contributed by atoms with Gasteiger partial charge in [-0.05, 0) is 30.7 Å². The van der Waals surface area contributed by atoms with Crippen LogP contribution in [0.25, 0.3) is 0 Å². The summed E-state index contributed by atoms with van der Waals surface area (Å²) >= 11 is 0. The minimum Gasteiger partial charge on any atom is -0.388 e. The molecule has 2 N–H and O–H groups in total. The lowest BCUT2D eigenvalue weighted by atomic mass is 10.1.